The molecule has 98 valence electrons. The van der Waals surface area contributed by atoms with Gasteiger partial charge in [0.2, 0.25) is 0 Å². The molecule has 0 bridgehead atoms. The number of furan rings is 1. The van der Waals surface area contributed by atoms with Gasteiger partial charge in [0, 0.05) is 22.0 Å². The third-order valence-electron chi connectivity index (χ3n) is 3.38. The molecule has 1 atom stereocenters. The molecule has 19 heavy (non-hydrogen) atoms. The molecule has 0 aliphatic heterocycles. The van der Waals surface area contributed by atoms with Gasteiger partial charge in [-0.05, 0) is 30.9 Å². The summed E-state index contributed by atoms with van der Waals surface area (Å²) in [5.74, 6) is 1.05. The molecule has 1 aromatic carbocycles. The third kappa shape index (κ3) is 2.26. The summed E-state index contributed by atoms with van der Waals surface area (Å²) >= 11 is 1.70. The van der Waals surface area contributed by atoms with Crippen LogP contribution in [0.15, 0.2) is 45.5 Å². The fourth-order valence-corrected chi connectivity index (χ4v) is 3.09. The molecule has 0 saturated heterocycles. The Labute approximate surface area is 117 Å². The van der Waals surface area contributed by atoms with E-state index in [1.807, 2.05) is 12.1 Å². The van der Waals surface area contributed by atoms with Gasteiger partial charge >= 0.3 is 0 Å². The van der Waals surface area contributed by atoms with Crippen molar-refractivity contribution in [1.82, 2.24) is 0 Å². The van der Waals surface area contributed by atoms with Gasteiger partial charge in [-0.15, -0.1) is 0 Å². The highest BCUT2D eigenvalue weighted by Crippen LogP contribution is 2.32. The van der Waals surface area contributed by atoms with Crippen LogP contribution in [0.1, 0.15) is 31.2 Å². The highest BCUT2D eigenvalue weighted by Gasteiger charge is 2.17. The predicted octanol–water partition coefficient (Wildman–Crippen LogP) is 5.23. The van der Waals surface area contributed by atoms with Gasteiger partial charge in [0.15, 0.2) is 0 Å². The van der Waals surface area contributed by atoms with E-state index in [0.717, 1.165) is 23.5 Å². The van der Waals surface area contributed by atoms with Gasteiger partial charge in [-0.25, -0.2) is 0 Å². The van der Waals surface area contributed by atoms with Gasteiger partial charge < -0.3 is 9.73 Å². The molecule has 1 N–H and O–H groups in total. The largest absolute Gasteiger partial charge is 0.459 e. The summed E-state index contributed by atoms with van der Waals surface area (Å²) in [6, 6.07) is 10.5. The number of aryl methyl sites for hydroxylation is 1. The lowest BCUT2D eigenvalue weighted by molar-refractivity contribution is 0.520. The lowest BCUT2D eigenvalue weighted by Gasteiger charge is -2.13. The zero-order chi connectivity index (χ0) is 13.2. The molecular formula is C16H17NOS. The van der Waals surface area contributed by atoms with Crippen molar-refractivity contribution in [3.8, 4) is 0 Å². The van der Waals surface area contributed by atoms with E-state index in [4.69, 9.17) is 4.42 Å². The van der Waals surface area contributed by atoms with Crippen molar-refractivity contribution < 1.29 is 4.42 Å². The number of para-hydroxylation sites is 1. The van der Waals surface area contributed by atoms with Crippen LogP contribution in [-0.4, -0.2) is 0 Å². The van der Waals surface area contributed by atoms with E-state index >= 15 is 0 Å². The molecule has 0 fully saturated rings. The first-order valence-corrected chi connectivity index (χ1v) is 7.53. The van der Waals surface area contributed by atoms with Gasteiger partial charge in [-0.1, -0.05) is 25.1 Å². The van der Waals surface area contributed by atoms with Crippen molar-refractivity contribution in [3.63, 3.8) is 0 Å². The molecule has 3 rings (SSSR count). The third-order valence-corrected chi connectivity index (χ3v) is 4.06. The normalized spacial score (nSPS) is 12.7. The first kappa shape index (κ1) is 12.3. The van der Waals surface area contributed by atoms with Gasteiger partial charge in [0.25, 0.3) is 0 Å². The summed E-state index contributed by atoms with van der Waals surface area (Å²) in [7, 11) is 0. The van der Waals surface area contributed by atoms with E-state index in [1.54, 1.807) is 11.3 Å². The highest BCUT2D eigenvalue weighted by molar-refractivity contribution is 7.08. The Hall–Kier alpha value is -1.74. The van der Waals surface area contributed by atoms with Gasteiger partial charge in [0.1, 0.15) is 11.3 Å². The molecule has 2 nitrogen and oxygen atoms in total. The number of anilines is 1. The zero-order valence-electron chi connectivity index (χ0n) is 11.1. The Balaban J connectivity index is 1.99. The van der Waals surface area contributed by atoms with E-state index in [9.17, 15) is 0 Å². The molecule has 3 heteroatoms. The second kappa shape index (κ2) is 5.10. The first-order chi connectivity index (χ1) is 9.29. The molecular weight excluding hydrogens is 254 g/mol. The molecule has 2 aromatic heterocycles. The van der Waals surface area contributed by atoms with E-state index in [1.165, 1.54) is 10.9 Å². The van der Waals surface area contributed by atoms with E-state index in [-0.39, 0.29) is 6.04 Å². The molecule has 3 aromatic rings. The summed E-state index contributed by atoms with van der Waals surface area (Å²) in [5.41, 5.74) is 3.44. The topological polar surface area (TPSA) is 25.2 Å². The predicted molar refractivity (Wildman–Crippen MR) is 81.9 cm³/mol. The lowest BCUT2D eigenvalue weighted by atomic mass is 10.1. The Kier molecular flexibility index (Phi) is 3.30. The molecule has 0 amide bonds. The molecule has 0 radical (unpaired) electrons. The maximum Gasteiger partial charge on any atom is 0.134 e. The quantitative estimate of drug-likeness (QED) is 0.703. The zero-order valence-corrected chi connectivity index (χ0v) is 12.0. The standard InChI is InChI=1S/C16H17NOS/c1-3-13-14-6-4-5-7-15(14)18-16(13)11(2)17-12-8-9-19-10-12/h4-11,17H,3H2,1-2H3. The van der Waals surface area contributed by atoms with Crippen molar-refractivity contribution in [2.24, 2.45) is 0 Å². The minimum atomic E-state index is 0.178. The molecule has 1 unspecified atom stereocenters. The Bertz CT molecular complexity index is 669. The van der Waals surface area contributed by atoms with Crippen LogP contribution in [0.4, 0.5) is 5.69 Å². The molecule has 0 aliphatic carbocycles. The maximum atomic E-state index is 6.04. The van der Waals surface area contributed by atoms with Crippen molar-refractivity contribution in [2.75, 3.05) is 5.32 Å². The fraction of sp³-hybridized carbons (Fsp3) is 0.250. The molecule has 0 aliphatic rings. The minimum Gasteiger partial charge on any atom is -0.459 e. The number of benzene rings is 1. The lowest BCUT2D eigenvalue weighted by Crippen LogP contribution is -2.06. The average Bonchev–Trinajstić information content (AvgIpc) is 3.04. The Morgan fingerprint density at radius 1 is 1.26 bits per heavy atom. The fourth-order valence-electron chi connectivity index (χ4n) is 2.49. The number of hydrogen-bond acceptors (Lipinski definition) is 3. The number of nitrogens with one attached hydrogen (secondary N) is 1. The van der Waals surface area contributed by atoms with E-state index < -0.39 is 0 Å². The second-order valence-corrected chi connectivity index (χ2v) is 5.45. The van der Waals surface area contributed by atoms with Crippen LogP contribution in [0.3, 0.4) is 0 Å². The Morgan fingerprint density at radius 3 is 2.84 bits per heavy atom. The van der Waals surface area contributed by atoms with Crippen LogP contribution in [0.5, 0.6) is 0 Å². The molecule has 0 spiro atoms. The van der Waals surface area contributed by atoms with Crippen LogP contribution < -0.4 is 5.32 Å². The smallest absolute Gasteiger partial charge is 0.134 e. The molecule has 2 heterocycles. The van der Waals surface area contributed by atoms with Crippen LogP contribution in [0.2, 0.25) is 0 Å². The van der Waals surface area contributed by atoms with Gasteiger partial charge in [0.05, 0.1) is 6.04 Å². The minimum absolute atomic E-state index is 0.178. The van der Waals surface area contributed by atoms with Crippen molar-refractivity contribution in [1.29, 1.82) is 0 Å². The van der Waals surface area contributed by atoms with Crippen LogP contribution >= 0.6 is 11.3 Å². The summed E-state index contributed by atoms with van der Waals surface area (Å²) in [5, 5.41) is 8.92. The van der Waals surface area contributed by atoms with Crippen LogP contribution in [0, 0.1) is 0 Å². The van der Waals surface area contributed by atoms with Crippen molar-refractivity contribution >= 4 is 28.0 Å². The summed E-state index contributed by atoms with van der Waals surface area (Å²) < 4.78 is 6.04. The van der Waals surface area contributed by atoms with Gasteiger partial charge in [-0.2, -0.15) is 11.3 Å². The summed E-state index contributed by atoms with van der Waals surface area (Å²) in [6.45, 7) is 4.33. The van der Waals surface area contributed by atoms with Crippen LogP contribution in [-0.2, 0) is 6.42 Å². The maximum absolute atomic E-state index is 6.04. The highest BCUT2D eigenvalue weighted by atomic mass is 32.1. The number of rotatable bonds is 4. The number of thiophene rings is 1. The first-order valence-electron chi connectivity index (χ1n) is 6.58. The van der Waals surface area contributed by atoms with E-state index in [2.05, 4.69) is 48.1 Å². The second-order valence-electron chi connectivity index (χ2n) is 4.67. The molecule has 0 saturated carbocycles. The van der Waals surface area contributed by atoms with Gasteiger partial charge in [-0.3, -0.25) is 0 Å². The van der Waals surface area contributed by atoms with Crippen molar-refractivity contribution in [3.05, 3.63) is 52.4 Å². The average molecular weight is 271 g/mol. The number of hydrogen-bond donors (Lipinski definition) is 1. The Morgan fingerprint density at radius 2 is 2.11 bits per heavy atom. The van der Waals surface area contributed by atoms with Crippen molar-refractivity contribution in [2.45, 2.75) is 26.3 Å². The van der Waals surface area contributed by atoms with E-state index in [0.29, 0.717) is 0 Å². The van der Waals surface area contributed by atoms with Crippen LogP contribution in [0.25, 0.3) is 11.0 Å². The summed E-state index contributed by atoms with van der Waals surface area (Å²) in [4.78, 5) is 0. The SMILES string of the molecule is CCc1c(C(C)Nc2ccsc2)oc2ccccc12. The monoisotopic (exact) mass is 271 g/mol. The number of fused-ring (bicyclic) bond motifs is 1. The summed E-state index contributed by atoms with van der Waals surface area (Å²) in [6.07, 6.45) is 0.988.